The summed E-state index contributed by atoms with van der Waals surface area (Å²) in [7, 11) is 4.46. The third-order valence-electron chi connectivity index (χ3n) is 4.52. The lowest BCUT2D eigenvalue weighted by atomic mass is 10.1. The van der Waals surface area contributed by atoms with E-state index in [4.69, 9.17) is 18.9 Å². The van der Waals surface area contributed by atoms with Gasteiger partial charge in [0.1, 0.15) is 5.75 Å². The number of benzene rings is 2. The summed E-state index contributed by atoms with van der Waals surface area (Å²) in [6.07, 6.45) is 0. The maximum Gasteiger partial charge on any atom is 0.265 e. The molecule has 0 atom stereocenters. The summed E-state index contributed by atoms with van der Waals surface area (Å²) in [5.74, 6) is 1.17. The van der Waals surface area contributed by atoms with Crippen molar-refractivity contribution in [1.82, 2.24) is 0 Å². The molecule has 2 amide bonds. The summed E-state index contributed by atoms with van der Waals surface area (Å²) in [5.41, 5.74) is 2.36. The van der Waals surface area contributed by atoms with Gasteiger partial charge in [-0.05, 0) is 31.2 Å². The van der Waals surface area contributed by atoms with E-state index in [0.29, 0.717) is 46.5 Å². The molecule has 0 bridgehead atoms. The summed E-state index contributed by atoms with van der Waals surface area (Å²) < 4.78 is 21.4. The van der Waals surface area contributed by atoms with E-state index in [1.165, 1.54) is 21.3 Å². The fraction of sp³-hybridized carbons (Fsp3) is 0.273. The van der Waals surface area contributed by atoms with E-state index >= 15 is 0 Å². The Balaban J connectivity index is 1.86. The Labute approximate surface area is 175 Å². The van der Waals surface area contributed by atoms with Crippen LogP contribution in [0.3, 0.4) is 0 Å². The van der Waals surface area contributed by atoms with E-state index in [9.17, 15) is 9.59 Å². The molecule has 1 N–H and O–H groups in total. The van der Waals surface area contributed by atoms with Crippen LogP contribution in [-0.2, 0) is 4.79 Å². The van der Waals surface area contributed by atoms with Gasteiger partial charge in [-0.3, -0.25) is 9.59 Å². The highest BCUT2D eigenvalue weighted by Crippen LogP contribution is 2.39. The summed E-state index contributed by atoms with van der Waals surface area (Å²) >= 11 is 0. The SMILES string of the molecule is C=C(C)CN1C(=O)COc2cc(NC(=O)c3cc(OC)c(OC)c(OC)c3)ccc21. The fourth-order valence-corrected chi connectivity index (χ4v) is 3.14. The molecule has 0 saturated carbocycles. The van der Waals surface area contributed by atoms with E-state index in [1.807, 2.05) is 6.92 Å². The van der Waals surface area contributed by atoms with Crippen LogP contribution in [0.5, 0.6) is 23.0 Å². The Hall–Kier alpha value is -3.68. The second-order valence-electron chi connectivity index (χ2n) is 6.78. The first-order valence-electron chi connectivity index (χ1n) is 9.21. The van der Waals surface area contributed by atoms with Crippen molar-refractivity contribution in [2.75, 3.05) is 44.7 Å². The highest BCUT2D eigenvalue weighted by Gasteiger charge is 2.26. The van der Waals surface area contributed by atoms with Gasteiger partial charge in [0.2, 0.25) is 5.75 Å². The maximum atomic E-state index is 12.8. The van der Waals surface area contributed by atoms with Crippen LogP contribution in [0.1, 0.15) is 17.3 Å². The fourth-order valence-electron chi connectivity index (χ4n) is 3.14. The van der Waals surface area contributed by atoms with Crippen molar-refractivity contribution in [1.29, 1.82) is 0 Å². The number of rotatable bonds is 7. The van der Waals surface area contributed by atoms with Gasteiger partial charge in [-0.25, -0.2) is 0 Å². The molecular formula is C22H24N2O6. The quantitative estimate of drug-likeness (QED) is 0.703. The molecule has 0 saturated heterocycles. The molecule has 1 aliphatic rings. The molecule has 30 heavy (non-hydrogen) atoms. The second kappa shape index (κ2) is 8.77. The Morgan fingerprint density at radius 3 is 2.37 bits per heavy atom. The standard InChI is InChI=1S/C22H24N2O6/c1-13(2)11-24-16-7-6-15(10-17(16)30-12-20(24)25)23-22(26)14-8-18(27-3)21(29-5)19(9-14)28-4/h6-10H,1,11-12H2,2-5H3,(H,23,26). The predicted octanol–water partition coefficient (Wildman–Crippen LogP) is 3.27. The topological polar surface area (TPSA) is 86.3 Å². The van der Waals surface area contributed by atoms with Crippen molar-refractivity contribution >= 4 is 23.2 Å². The molecule has 8 nitrogen and oxygen atoms in total. The van der Waals surface area contributed by atoms with Crippen LogP contribution in [0.15, 0.2) is 42.5 Å². The zero-order valence-electron chi connectivity index (χ0n) is 17.4. The van der Waals surface area contributed by atoms with Crippen LogP contribution in [-0.4, -0.2) is 46.3 Å². The van der Waals surface area contributed by atoms with Gasteiger partial charge in [0.05, 0.1) is 27.0 Å². The normalized spacial score (nSPS) is 12.5. The van der Waals surface area contributed by atoms with Gasteiger partial charge >= 0.3 is 0 Å². The van der Waals surface area contributed by atoms with Gasteiger partial charge in [-0.15, -0.1) is 0 Å². The van der Waals surface area contributed by atoms with Gasteiger partial charge < -0.3 is 29.2 Å². The molecule has 2 aromatic rings. The molecular weight excluding hydrogens is 388 g/mol. The molecule has 8 heteroatoms. The number of carbonyl (C=O) groups is 2. The number of nitrogens with one attached hydrogen (secondary N) is 1. The lowest BCUT2D eigenvalue weighted by Crippen LogP contribution is -2.39. The third-order valence-corrected chi connectivity index (χ3v) is 4.52. The number of hydrogen-bond donors (Lipinski definition) is 1. The van der Waals surface area contributed by atoms with Crippen molar-refractivity contribution < 1.29 is 28.5 Å². The van der Waals surface area contributed by atoms with Crippen LogP contribution in [0, 0.1) is 0 Å². The molecule has 0 fully saturated rings. The number of amides is 2. The number of anilines is 2. The lowest BCUT2D eigenvalue weighted by molar-refractivity contribution is -0.121. The van der Waals surface area contributed by atoms with Crippen molar-refractivity contribution in [3.05, 3.63) is 48.0 Å². The Kier molecular flexibility index (Phi) is 6.15. The zero-order chi connectivity index (χ0) is 21.8. The number of carbonyl (C=O) groups excluding carboxylic acids is 2. The lowest BCUT2D eigenvalue weighted by Gasteiger charge is -2.29. The number of hydrogen-bond acceptors (Lipinski definition) is 6. The van der Waals surface area contributed by atoms with Crippen LogP contribution >= 0.6 is 0 Å². The molecule has 2 aromatic carbocycles. The highest BCUT2D eigenvalue weighted by molar-refractivity contribution is 6.06. The number of fused-ring (bicyclic) bond motifs is 1. The highest BCUT2D eigenvalue weighted by atomic mass is 16.5. The average molecular weight is 412 g/mol. The van der Waals surface area contributed by atoms with Gasteiger partial charge in [-0.2, -0.15) is 0 Å². The van der Waals surface area contributed by atoms with Crippen molar-refractivity contribution in [3.63, 3.8) is 0 Å². The Morgan fingerprint density at radius 1 is 1.13 bits per heavy atom. The third kappa shape index (κ3) is 4.17. The van der Waals surface area contributed by atoms with E-state index in [2.05, 4.69) is 11.9 Å². The molecule has 0 aromatic heterocycles. The first-order chi connectivity index (χ1) is 14.4. The minimum atomic E-state index is -0.361. The molecule has 3 rings (SSSR count). The van der Waals surface area contributed by atoms with Gasteiger partial charge in [0.25, 0.3) is 11.8 Å². The molecule has 0 aliphatic carbocycles. The molecule has 0 spiro atoms. The molecule has 0 radical (unpaired) electrons. The summed E-state index contributed by atoms with van der Waals surface area (Å²) in [5, 5.41) is 2.82. The average Bonchev–Trinajstić information content (AvgIpc) is 2.74. The van der Waals surface area contributed by atoms with Crippen LogP contribution in [0.25, 0.3) is 0 Å². The summed E-state index contributed by atoms with van der Waals surface area (Å²) in [6, 6.07) is 8.27. The van der Waals surface area contributed by atoms with Crippen molar-refractivity contribution in [2.45, 2.75) is 6.92 Å². The second-order valence-corrected chi connectivity index (χ2v) is 6.78. The smallest absolute Gasteiger partial charge is 0.265 e. The van der Waals surface area contributed by atoms with E-state index in [-0.39, 0.29) is 18.4 Å². The van der Waals surface area contributed by atoms with Crippen molar-refractivity contribution in [2.24, 2.45) is 0 Å². The van der Waals surface area contributed by atoms with Gasteiger partial charge in [0, 0.05) is 23.9 Å². The first kappa shape index (κ1) is 21.0. The van der Waals surface area contributed by atoms with Gasteiger partial charge in [-0.1, -0.05) is 12.2 Å². The minimum absolute atomic E-state index is 0.0649. The molecule has 158 valence electrons. The summed E-state index contributed by atoms with van der Waals surface area (Å²) in [6.45, 7) is 6.07. The van der Waals surface area contributed by atoms with Crippen LogP contribution in [0.4, 0.5) is 11.4 Å². The van der Waals surface area contributed by atoms with Gasteiger partial charge in [0.15, 0.2) is 18.1 Å². The number of ether oxygens (including phenoxy) is 4. The molecule has 0 unspecified atom stereocenters. The molecule has 1 heterocycles. The number of methoxy groups -OCH3 is 3. The van der Waals surface area contributed by atoms with Crippen LogP contribution < -0.4 is 29.2 Å². The molecule has 1 aliphatic heterocycles. The zero-order valence-corrected chi connectivity index (χ0v) is 17.4. The Morgan fingerprint density at radius 2 is 1.80 bits per heavy atom. The predicted molar refractivity (Wildman–Crippen MR) is 113 cm³/mol. The van der Waals surface area contributed by atoms with E-state index in [1.54, 1.807) is 35.2 Å². The first-order valence-corrected chi connectivity index (χ1v) is 9.21. The largest absolute Gasteiger partial charge is 0.493 e. The minimum Gasteiger partial charge on any atom is -0.493 e. The maximum absolute atomic E-state index is 12.8. The van der Waals surface area contributed by atoms with E-state index < -0.39 is 0 Å². The summed E-state index contributed by atoms with van der Waals surface area (Å²) in [4.78, 5) is 26.6. The number of nitrogens with zero attached hydrogens (tertiary/aromatic N) is 1. The van der Waals surface area contributed by atoms with Crippen LogP contribution in [0.2, 0.25) is 0 Å². The monoisotopic (exact) mass is 412 g/mol. The van der Waals surface area contributed by atoms with Crippen molar-refractivity contribution in [3.8, 4) is 23.0 Å². The Bertz CT molecular complexity index is 976. The van der Waals surface area contributed by atoms with E-state index in [0.717, 1.165) is 5.57 Å².